The van der Waals surface area contributed by atoms with E-state index in [4.69, 9.17) is 9.97 Å². The predicted molar refractivity (Wildman–Crippen MR) is 100 cm³/mol. The number of para-hydroxylation sites is 1. The molecule has 1 aliphatic rings. The van der Waals surface area contributed by atoms with Crippen molar-refractivity contribution in [3.8, 4) is 0 Å². The maximum absolute atomic E-state index is 4.85. The fraction of sp³-hybridized carbons (Fsp3) is 0.300. The van der Waals surface area contributed by atoms with Gasteiger partial charge in [-0.15, -0.1) is 0 Å². The van der Waals surface area contributed by atoms with Crippen molar-refractivity contribution in [2.75, 3.05) is 23.3 Å². The average Bonchev–Trinajstić information content (AvgIpc) is 3.11. The number of hydrogen-bond acceptors (Lipinski definition) is 4. The first-order valence-corrected chi connectivity index (χ1v) is 8.57. The van der Waals surface area contributed by atoms with Gasteiger partial charge in [-0.1, -0.05) is 29.8 Å². The van der Waals surface area contributed by atoms with Crippen LogP contribution in [-0.2, 0) is 0 Å². The van der Waals surface area contributed by atoms with Crippen LogP contribution in [-0.4, -0.2) is 23.1 Å². The molecule has 24 heavy (non-hydrogen) atoms. The van der Waals surface area contributed by atoms with E-state index in [1.54, 1.807) is 0 Å². The molecule has 2 aromatic carbocycles. The van der Waals surface area contributed by atoms with E-state index in [9.17, 15) is 0 Å². The zero-order valence-corrected chi connectivity index (χ0v) is 14.2. The maximum atomic E-state index is 4.85. The van der Waals surface area contributed by atoms with Gasteiger partial charge in [0.2, 0.25) is 5.95 Å². The van der Waals surface area contributed by atoms with E-state index in [0.717, 1.165) is 35.5 Å². The molecule has 0 bridgehead atoms. The molecule has 1 fully saturated rings. The van der Waals surface area contributed by atoms with Gasteiger partial charge in [0.15, 0.2) is 0 Å². The van der Waals surface area contributed by atoms with Crippen molar-refractivity contribution < 1.29 is 0 Å². The first-order chi connectivity index (χ1) is 11.7. The van der Waals surface area contributed by atoms with Gasteiger partial charge in [0.05, 0.1) is 5.52 Å². The van der Waals surface area contributed by atoms with Crippen LogP contribution in [0.1, 0.15) is 24.0 Å². The molecule has 0 atom stereocenters. The van der Waals surface area contributed by atoms with Crippen molar-refractivity contribution in [2.24, 2.45) is 0 Å². The minimum absolute atomic E-state index is 0.669. The molecule has 1 N–H and O–H groups in total. The quantitative estimate of drug-likeness (QED) is 0.767. The first kappa shape index (κ1) is 14.9. The van der Waals surface area contributed by atoms with Crippen molar-refractivity contribution in [2.45, 2.75) is 26.7 Å². The molecule has 1 saturated heterocycles. The fourth-order valence-corrected chi connectivity index (χ4v) is 3.36. The Morgan fingerprint density at radius 2 is 1.75 bits per heavy atom. The lowest BCUT2D eigenvalue weighted by molar-refractivity contribution is 0.941. The Bertz CT molecular complexity index is 882. The third kappa shape index (κ3) is 2.80. The minimum Gasteiger partial charge on any atom is -0.356 e. The third-order valence-electron chi connectivity index (χ3n) is 4.62. The normalized spacial score (nSPS) is 14.3. The lowest BCUT2D eigenvalue weighted by Gasteiger charge is -2.19. The van der Waals surface area contributed by atoms with E-state index >= 15 is 0 Å². The minimum atomic E-state index is 0.669. The summed E-state index contributed by atoms with van der Waals surface area (Å²) in [5, 5.41) is 4.54. The molecule has 0 aliphatic carbocycles. The Morgan fingerprint density at radius 3 is 2.54 bits per heavy atom. The number of anilines is 3. The molecule has 2 heterocycles. The van der Waals surface area contributed by atoms with Gasteiger partial charge in [-0.25, -0.2) is 4.98 Å². The number of benzene rings is 2. The van der Waals surface area contributed by atoms with Crippen LogP contribution >= 0.6 is 0 Å². The smallest absolute Gasteiger partial charge is 0.229 e. The van der Waals surface area contributed by atoms with E-state index in [1.807, 2.05) is 6.07 Å². The third-order valence-corrected chi connectivity index (χ3v) is 4.62. The van der Waals surface area contributed by atoms with Crippen molar-refractivity contribution in [1.82, 2.24) is 9.97 Å². The summed E-state index contributed by atoms with van der Waals surface area (Å²) < 4.78 is 0. The molecule has 0 saturated carbocycles. The van der Waals surface area contributed by atoms with Gasteiger partial charge in [-0.2, -0.15) is 4.98 Å². The maximum Gasteiger partial charge on any atom is 0.229 e. The molecule has 0 unspecified atom stereocenters. The molecule has 0 spiro atoms. The molecule has 4 rings (SSSR count). The lowest BCUT2D eigenvalue weighted by Crippen LogP contribution is -2.20. The van der Waals surface area contributed by atoms with Gasteiger partial charge in [0, 0.05) is 24.2 Å². The Balaban J connectivity index is 1.78. The molecule has 122 valence electrons. The first-order valence-electron chi connectivity index (χ1n) is 8.57. The van der Waals surface area contributed by atoms with Crippen molar-refractivity contribution >= 4 is 28.4 Å². The molecule has 0 radical (unpaired) electrons. The second-order valence-electron chi connectivity index (χ2n) is 6.53. The number of nitrogens with zero attached hydrogens (tertiary/aromatic N) is 3. The van der Waals surface area contributed by atoms with E-state index in [0.29, 0.717) is 5.95 Å². The highest BCUT2D eigenvalue weighted by Crippen LogP contribution is 2.29. The molecule has 4 heteroatoms. The van der Waals surface area contributed by atoms with Crippen LogP contribution in [0, 0.1) is 13.8 Å². The summed E-state index contributed by atoms with van der Waals surface area (Å²) in [5.41, 5.74) is 4.51. The second-order valence-corrected chi connectivity index (χ2v) is 6.53. The van der Waals surface area contributed by atoms with Crippen LogP contribution in [0.25, 0.3) is 10.9 Å². The molecule has 4 nitrogen and oxygen atoms in total. The zero-order chi connectivity index (χ0) is 16.5. The molecular formula is C20H22N4. The molecule has 1 aromatic heterocycles. The van der Waals surface area contributed by atoms with Crippen LogP contribution in [0.2, 0.25) is 0 Å². The van der Waals surface area contributed by atoms with Crippen molar-refractivity contribution in [3.05, 3.63) is 53.6 Å². The van der Waals surface area contributed by atoms with Crippen molar-refractivity contribution in [3.63, 3.8) is 0 Å². The number of fused-ring (bicyclic) bond motifs is 1. The summed E-state index contributed by atoms with van der Waals surface area (Å²) in [7, 11) is 0. The van der Waals surface area contributed by atoms with E-state index in [-0.39, 0.29) is 0 Å². The number of aryl methyl sites for hydroxylation is 2. The standard InChI is InChI=1S/C20H22N4/c1-14-9-10-17(15(2)13-14)21-20-22-18-8-4-3-7-16(18)19(23-20)24-11-5-6-12-24/h3-4,7-10,13H,5-6,11-12H2,1-2H3,(H,21,22,23). The van der Waals surface area contributed by atoms with Crippen LogP contribution in [0.3, 0.4) is 0 Å². The largest absolute Gasteiger partial charge is 0.356 e. The molecule has 3 aromatic rings. The van der Waals surface area contributed by atoms with E-state index < -0.39 is 0 Å². The fourth-order valence-electron chi connectivity index (χ4n) is 3.36. The van der Waals surface area contributed by atoms with Gasteiger partial charge in [-0.05, 0) is 50.5 Å². The van der Waals surface area contributed by atoms with Gasteiger partial charge in [0.1, 0.15) is 5.82 Å². The molecule has 0 amide bonds. The Labute approximate surface area is 142 Å². The van der Waals surface area contributed by atoms with Crippen LogP contribution in [0.4, 0.5) is 17.5 Å². The summed E-state index contributed by atoms with van der Waals surface area (Å²) >= 11 is 0. The zero-order valence-electron chi connectivity index (χ0n) is 14.2. The summed E-state index contributed by atoms with van der Waals surface area (Å²) in [6.45, 7) is 6.36. The highest BCUT2D eigenvalue weighted by atomic mass is 15.2. The summed E-state index contributed by atoms with van der Waals surface area (Å²) in [4.78, 5) is 11.9. The van der Waals surface area contributed by atoms with Crippen LogP contribution in [0.15, 0.2) is 42.5 Å². The van der Waals surface area contributed by atoms with Crippen LogP contribution < -0.4 is 10.2 Å². The lowest BCUT2D eigenvalue weighted by atomic mass is 10.1. The number of rotatable bonds is 3. The summed E-state index contributed by atoms with van der Waals surface area (Å²) in [6, 6.07) is 14.6. The Morgan fingerprint density at radius 1 is 0.958 bits per heavy atom. The van der Waals surface area contributed by atoms with Gasteiger partial charge < -0.3 is 10.2 Å². The topological polar surface area (TPSA) is 41.1 Å². The number of aromatic nitrogens is 2. The average molecular weight is 318 g/mol. The predicted octanol–water partition coefficient (Wildman–Crippen LogP) is 4.59. The Kier molecular flexibility index (Phi) is 3.81. The van der Waals surface area contributed by atoms with Gasteiger partial charge in [0.25, 0.3) is 0 Å². The highest BCUT2D eigenvalue weighted by Gasteiger charge is 2.18. The van der Waals surface area contributed by atoms with E-state index in [2.05, 4.69) is 60.5 Å². The monoisotopic (exact) mass is 318 g/mol. The van der Waals surface area contributed by atoms with Crippen LogP contribution in [0.5, 0.6) is 0 Å². The van der Waals surface area contributed by atoms with Gasteiger partial charge >= 0.3 is 0 Å². The van der Waals surface area contributed by atoms with Crippen molar-refractivity contribution in [1.29, 1.82) is 0 Å². The second kappa shape index (κ2) is 6.11. The molecular weight excluding hydrogens is 296 g/mol. The molecule has 1 aliphatic heterocycles. The highest BCUT2D eigenvalue weighted by molar-refractivity contribution is 5.91. The number of hydrogen-bond donors (Lipinski definition) is 1. The SMILES string of the molecule is Cc1ccc(Nc2nc(N3CCCC3)c3ccccc3n2)c(C)c1. The van der Waals surface area contributed by atoms with E-state index in [1.165, 1.54) is 24.0 Å². The number of nitrogens with one attached hydrogen (secondary N) is 1. The van der Waals surface area contributed by atoms with Gasteiger partial charge in [-0.3, -0.25) is 0 Å². The summed E-state index contributed by atoms with van der Waals surface area (Å²) in [6.07, 6.45) is 2.47. The summed E-state index contributed by atoms with van der Waals surface area (Å²) in [5.74, 6) is 1.72. The Hall–Kier alpha value is -2.62.